The Morgan fingerprint density at radius 2 is 1.88 bits per heavy atom. The van der Waals surface area contributed by atoms with Gasteiger partial charge in [0, 0.05) is 29.2 Å². The maximum absolute atomic E-state index is 11.0. The van der Waals surface area contributed by atoms with E-state index in [9.17, 15) is 8.42 Å². The van der Waals surface area contributed by atoms with E-state index in [1.807, 2.05) is 12.3 Å². The van der Waals surface area contributed by atoms with E-state index in [-0.39, 0.29) is 5.82 Å². The van der Waals surface area contributed by atoms with Crippen molar-refractivity contribution >= 4 is 33.6 Å². The minimum absolute atomic E-state index is 0.215. The van der Waals surface area contributed by atoms with E-state index in [0.717, 1.165) is 46.9 Å². The maximum Gasteiger partial charge on any atom is 0.223 e. The van der Waals surface area contributed by atoms with Crippen LogP contribution < -0.4 is 14.8 Å². The summed E-state index contributed by atoms with van der Waals surface area (Å²) < 4.78 is 29.7. The van der Waals surface area contributed by atoms with Crippen LogP contribution in [0.25, 0.3) is 22.0 Å². The fourth-order valence-corrected chi connectivity index (χ4v) is 4.92. The topological polar surface area (TPSA) is 109 Å². The summed E-state index contributed by atoms with van der Waals surface area (Å²) in [6, 6.07) is 8.57. The third-order valence-corrected chi connectivity index (χ3v) is 6.89. The van der Waals surface area contributed by atoms with Crippen molar-refractivity contribution < 1.29 is 13.2 Å². The molecular weight excluding hydrogens is 452 g/mol. The third-order valence-electron chi connectivity index (χ3n) is 6.47. The zero-order valence-electron chi connectivity index (χ0n) is 20.0. The Bertz CT molecular complexity index is 1230. The summed E-state index contributed by atoms with van der Waals surface area (Å²) in [5.74, 6) is 1.23. The van der Waals surface area contributed by atoms with Gasteiger partial charge in [0.1, 0.15) is 5.82 Å². The molecular formula is C24H32N6O3S. The lowest BCUT2D eigenvalue weighted by Gasteiger charge is -2.32. The number of pyridine rings is 1. The molecule has 2 heterocycles. The molecule has 10 heteroatoms. The summed E-state index contributed by atoms with van der Waals surface area (Å²) in [7, 11) is 3.02. The highest BCUT2D eigenvalue weighted by atomic mass is 32.2. The van der Waals surface area contributed by atoms with E-state index in [1.54, 1.807) is 12.1 Å². The van der Waals surface area contributed by atoms with Crippen LogP contribution in [0.4, 0.5) is 11.8 Å². The first-order valence-electron chi connectivity index (χ1n) is 11.6. The van der Waals surface area contributed by atoms with Gasteiger partial charge in [0.25, 0.3) is 0 Å². The molecule has 1 aliphatic carbocycles. The first-order valence-corrected chi connectivity index (χ1v) is 12.7. The summed E-state index contributed by atoms with van der Waals surface area (Å²) >= 11 is 0. The van der Waals surface area contributed by atoms with Crippen molar-refractivity contribution in [3.8, 4) is 17.0 Å². The van der Waals surface area contributed by atoms with Gasteiger partial charge in [-0.25, -0.2) is 18.4 Å². The standard InChI is InChI=1S/C24H32N6O3S/c1-5-15-12-16(20-10-11-21(29-34(31)32)27-23(20)33-4)13-17-14-25-24(28-22(15)17)26-18-6-8-19(9-7-18)30(2)3/h10-14,18-19,34H,5-9H2,1-4H3,(H,25,26,28)(H,27,29,31,32). The molecule has 0 bridgehead atoms. The molecule has 9 nitrogen and oxygen atoms in total. The molecule has 34 heavy (non-hydrogen) atoms. The number of fused-ring (bicyclic) bond motifs is 1. The van der Waals surface area contributed by atoms with Crippen LogP contribution in [0.3, 0.4) is 0 Å². The van der Waals surface area contributed by atoms with Crippen molar-refractivity contribution in [2.75, 3.05) is 31.2 Å². The average molecular weight is 485 g/mol. The van der Waals surface area contributed by atoms with Crippen molar-refractivity contribution in [1.82, 2.24) is 19.9 Å². The molecule has 0 aliphatic heterocycles. The molecule has 182 valence electrons. The van der Waals surface area contributed by atoms with Crippen LogP contribution in [0, 0.1) is 0 Å². The summed E-state index contributed by atoms with van der Waals surface area (Å²) in [4.78, 5) is 16.0. The van der Waals surface area contributed by atoms with E-state index in [0.29, 0.717) is 23.9 Å². The van der Waals surface area contributed by atoms with Crippen molar-refractivity contribution in [3.05, 3.63) is 36.0 Å². The molecule has 2 N–H and O–H groups in total. The third kappa shape index (κ3) is 5.39. The van der Waals surface area contributed by atoms with Crippen LogP contribution in [0.2, 0.25) is 0 Å². The number of thiol groups is 1. The Hall–Kier alpha value is -2.98. The first kappa shape index (κ1) is 24.2. The second kappa shape index (κ2) is 10.5. The Morgan fingerprint density at radius 3 is 2.53 bits per heavy atom. The highest BCUT2D eigenvalue weighted by Crippen LogP contribution is 2.34. The second-order valence-corrected chi connectivity index (χ2v) is 9.59. The highest BCUT2D eigenvalue weighted by Gasteiger charge is 2.23. The van der Waals surface area contributed by atoms with Gasteiger partial charge >= 0.3 is 0 Å². The van der Waals surface area contributed by atoms with Gasteiger partial charge in [-0.3, -0.25) is 4.72 Å². The second-order valence-electron chi connectivity index (χ2n) is 8.86. The van der Waals surface area contributed by atoms with Gasteiger partial charge in [0.2, 0.25) is 22.7 Å². The van der Waals surface area contributed by atoms with Gasteiger partial charge < -0.3 is 15.0 Å². The number of anilines is 2. The number of aromatic nitrogens is 3. The molecule has 4 rings (SSSR count). The largest absolute Gasteiger partial charge is 0.480 e. The van der Waals surface area contributed by atoms with E-state index < -0.39 is 10.9 Å². The minimum Gasteiger partial charge on any atom is -0.480 e. The van der Waals surface area contributed by atoms with Crippen LogP contribution in [0.1, 0.15) is 38.2 Å². The Morgan fingerprint density at radius 1 is 1.12 bits per heavy atom. The number of hydrogen-bond acceptors (Lipinski definition) is 8. The first-order chi connectivity index (χ1) is 16.4. The molecule has 0 amide bonds. The molecule has 1 aromatic carbocycles. The van der Waals surface area contributed by atoms with Crippen molar-refractivity contribution in [3.63, 3.8) is 0 Å². The van der Waals surface area contributed by atoms with E-state index in [2.05, 4.69) is 52.0 Å². The van der Waals surface area contributed by atoms with Crippen LogP contribution in [-0.4, -0.2) is 61.6 Å². The number of benzene rings is 1. The molecule has 0 spiro atoms. The quantitative estimate of drug-likeness (QED) is 0.417. The SMILES string of the molecule is CCc1cc(-c2ccc(N[SH](=O)=O)nc2OC)cc2cnc(NC3CCC(N(C)C)CC3)nc12. The van der Waals surface area contributed by atoms with Crippen molar-refractivity contribution in [2.24, 2.45) is 0 Å². The number of methoxy groups -OCH3 is 1. The molecule has 3 aromatic rings. The Labute approximate surface area is 202 Å². The predicted octanol–water partition coefficient (Wildman–Crippen LogP) is 3.49. The Balaban J connectivity index is 1.61. The summed E-state index contributed by atoms with van der Waals surface area (Å²) in [6.45, 7) is 2.10. The minimum atomic E-state index is -2.80. The summed E-state index contributed by atoms with van der Waals surface area (Å²) in [5.41, 5.74) is 3.71. The lowest BCUT2D eigenvalue weighted by atomic mass is 9.90. The van der Waals surface area contributed by atoms with E-state index in [1.165, 1.54) is 20.0 Å². The monoisotopic (exact) mass is 484 g/mol. The van der Waals surface area contributed by atoms with Crippen molar-refractivity contribution in [2.45, 2.75) is 51.1 Å². The molecule has 1 aliphatic rings. The number of nitrogens with one attached hydrogen (secondary N) is 2. The van der Waals surface area contributed by atoms with Crippen LogP contribution >= 0.6 is 0 Å². The van der Waals surface area contributed by atoms with Gasteiger partial charge in [0.05, 0.1) is 12.6 Å². The number of rotatable bonds is 8. The molecule has 0 atom stereocenters. The molecule has 0 saturated heterocycles. The lowest BCUT2D eigenvalue weighted by molar-refractivity contribution is 0.221. The summed E-state index contributed by atoms with van der Waals surface area (Å²) in [6.07, 6.45) is 7.25. The smallest absolute Gasteiger partial charge is 0.223 e. The number of aryl methyl sites for hydroxylation is 1. The van der Waals surface area contributed by atoms with Gasteiger partial charge in [-0.2, -0.15) is 4.98 Å². The van der Waals surface area contributed by atoms with Crippen LogP contribution in [0.15, 0.2) is 30.5 Å². The Kier molecular flexibility index (Phi) is 7.47. The molecule has 0 unspecified atom stereocenters. The van der Waals surface area contributed by atoms with Gasteiger partial charge in [-0.1, -0.05) is 6.92 Å². The van der Waals surface area contributed by atoms with Gasteiger partial charge in [-0.05, 0) is 81.6 Å². The zero-order chi connectivity index (χ0) is 24.2. The number of ether oxygens (including phenoxy) is 1. The van der Waals surface area contributed by atoms with Gasteiger partial charge in [-0.15, -0.1) is 0 Å². The maximum atomic E-state index is 11.0. The van der Waals surface area contributed by atoms with Crippen LogP contribution in [0.5, 0.6) is 5.88 Å². The lowest BCUT2D eigenvalue weighted by Crippen LogP contribution is -2.36. The summed E-state index contributed by atoms with van der Waals surface area (Å²) in [5, 5.41) is 4.48. The zero-order valence-corrected chi connectivity index (χ0v) is 20.9. The van der Waals surface area contributed by atoms with E-state index in [4.69, 9.17) is 9.72 Å². The highest BCUT2D eigenvalue weighted by molar-refractivity contribution is 7.73. The molecule has 2 aromatic heterocycles. The van der Waals surface area contributed by atoms with Crippen LogP contribution in [-0.2, 0) is 17.3 Å². The molecule has 1 saturated carbocycles. The van der Waals surface area contributed by atoms with Crippen molar-refractivity contribution in [1.29, 1.82) is 0 Å². The van der Waals surface area contributed by atoms with Gasteiger partial charge in [0.15, 0.2) is 0 Å². The predicted molar refractivity (Wildman–Crippen MR) is 136 cm³/mol. The average Bonchev–Trinajstić information content (AvgIpc) is 2.83. The van der Waals surface area contributed by atoms with E-state index >= 15 is 0 Å². The normalized spacial score (nSPS) is 18.4. The number of nitrogens with zero attached hydrogens (tertiary/aromatic N) is 4. The molecule has 1 fully saturated rings. The fraction of sp³-hybridized carbons (Fsp3) is 0.458. The number of hydrogen-bond donors (Lipinski definition) is 3. The molecule has 0 radical (unpaired) electrons. The fourth-order valence-electron chi connectivity index (χ4n) is 4.60.